The average molecular weight is 327 g/mol. The van der Waals surface area contributed by atoms with Crippen LogP contribution in [0.2, 0.25) is 5.02 Å². The standard InChI is InChI=1S/C13H12Cl2N4S/c1-7(14)12-18-11-3-9(15)4-16-13(11)19(12)5-10-6-20-8(2)17-10/h3-4,6-7H,5H2,1-2H3. The number of alkyl halides is 1. The van der Waals surface area contributed by atoms with Crippen molar-refractivity contribution < 1.29 is 0 Å². The Balaban J connectivity index is 2.13. The number of aromatic nitrogens is 4. The Bertz CT molecular complexity index is 763. The first-order valence-electron chi connectivity index (χ1n) is 6.11. The first-order chi connectivity index (χ1) is 9.54. The van der Waals surface area contributed by atoms with Crippen LogP contribution in [0.15, 0.2) is 17.6 Å². The van der Waals surface area contributed by atoms with Crippen LogP contribution < -0.4 is 0 Å². The van der Waals surface area contributed by atoms with Crippen molar-refractivity contribution in [2.24, 2.45) is 0 Å². The Morgan fingerprint density at radius 2 is 2.20 bits per heavy atom. The summed E-state index contributed by atoms with van der Waals surface area (Å²) in [6.07, 6.45) is 1.62. The van der Waals surface area contributed by atoms with Crippen molar-refractivity contribution >= 4 is 45.7 Å². The van der Waals surface area contributed by atoms with Gasteiger partial charge in [-0.15, -0.1) is 22.9 Å². The molecule has 0 amide bonds. The highest BCUT2D eigenvalue weighted by Gasteiger charge is 2.17. The summed E-state index contributed by atoms with van der Waals surface area (Å²) in [5.74, 6) is 0.780. The lowest BCUT2D eigenvalue weighted by Gasteiger charge is -2.08. The monoisotopic (exact) mass is 326 g/mol. The zero-order valence-electron chi connectivity index (χ0n) is 11.0. The molecule has 0 N–H and O–H groups in total. The Morgan fingerprint density at radius 3 is 2.85 bits per heavy atom. The van der Waals surface area contributed by atoms with Crippen LogP contribution in [0, 0.1) is 6.92 Å². The molecule has 0 aromatic carbocycles. The lowest BCUT2D eigenvalue weighted by Crippen LogP contribution is -2.06. The molecule has 7 heteroatoms. The van der Waals surface area contributed by atoms with Gasteiger partial charge in [0.05, 0.1) is 27.6 Å². The number of aryl methyl sites for hydroxylation is 1. The van der Waals surface area contributed by atoms with Gasteiger partial charge in [0.25, 0.3) is 0 Å². The number of thiazole rings is 1. The van der Waals surface area contributed by atoms with Crippen molar-refractivity contribution in [3.63, 3.8) is 0 Å². The molecular formula is C13H12Cl2N4S. The van der Waals surface area contributed by atoms with Crippen molar-refractivity contribution in [1.29, 1.82) is 0 Å². The second-order valence-electron chi connectivity index (χ2n) is 4.53. The van der Waals surface area contributed by atoms with Gasteiger partial charge in [0.1, 0.15) is 11.3 Å². The number of fused-ring (bicyclic) bond motifs is 1. The van der Waals surface area contributed by atoms with Gasteiger partial charge in [-0.1, -0.05) is 11.6 Å². The van der Waals surface area contributed by atoms with Crippen molar-refractivity contribution in [3.05, 3.63) is 39.2 Å². The summed E-state index contributed by atoms with van der Waals surface area (Å²) < 4.78 is 2.00. The highest BCUT2D eigenvalue weighted by atomic mass is 35.5. The fourth-order valence-corrected chi connectivity index (χ4v) is 3.03. The molecule has 0 radical (unpaired) electrons. The minimum atomic E-state index is -0.206. The number of hydrogen-bond donors (Lipinski definition) is 0. The molecular weight excluding hydrogens is 315 g/mol. The molecule has 0 saturated carbocycles. The molecule has 0 aliphatic carbocycles. The predicted molar refractivity (Wildman–Crippen MR) is 82.8 cm³/mol. The van der Waals surface area contributed by atoms with Crippen LogP contribution in [0.4, 0.5) is 0 Å². The van der Waals surface area contributed by atoms with Crippen molar-refractivity contribution in [2.45, 2.75) is 25.8 Å². The Kier molecular flexibility index (Phi) is 3.67. The van der Waals surface area contributed by atoms with E-state index < -0.39 is 0 Å². The topological polar surface area (TPSA) is 43.6 Å². The van der Waals surface area contributed by atoms with Crippen molar-refractivity contribution in [3.8, 4) is 0 Å². The van der Waals surface area contributed by atoms with Crippen molar-refractivity contribution in [1.82, 2.24) is 19.5 Å². The van der Waals surface area contributed by atoms with E-state index in [0.29, 0.717) is 11.6 Å². The number of halogens is 2. The average Bonchev–Trinajstić information content (AvgIpc) is 2.94. The van der Waals surface area contributed by atoms with Gasteiger partial charge in [-0.3, -0.25) is 0 Å². The molecule has 3 rings (SSSR count). The van der Waals surface area contributed by atoms with Gasteiger partial charge in [0.15, 0.2) is 5.65 Å². The van der Waals surface area contributed by atoms with Crippen LogP contribution in [0.1, 0.15) is 28.8 Å². The lowest BCUT2D eigenvalue weighted by molar-refractivity contribution is 0.723. The minimum Gasteiger partial charge on any atom is -0.305 e. The molecule has 1 unspecified atom stereocenters. The van der Waals surface area contributed by atoms with Crippen molar-refractivity contribution in [2.75, 3.05) is 0 Å². The molecule has 3 aromatic rings. The molecule has 0 aliphatic rings. The molecule has 0 bridgehead atoms. The molecule has 0 saturated heterocycles. The molecule has 3 heterocycles. The van der Waals surface area contributed by atoms with Gasteiger partial charge in [-0.2, -0.15) is 0 Å². The van der Waals surface area contributed by atoms with Gasteiger partial charge in [-0.25, -0.2) is 15.0 Å². The van der Waals surface area contributed by atoms with Crippen LogP contribution >= 0.6 is 34.5 Å². The summed E-state index contributed by atoms with van der Waals surface area (Å²) in [7, 11) is 0. The van der Waals surface area contributed by atoms with E-state index in [1.54, 1.807) is 23.6 Å². The largest absolute Gasteiger partial charge is 0.305 e. The molecule has 1 atom stereocenters. The van der Waals surface area contributed by atoms with Gasteiger partial charge >= 0.3 is 0 Å². The summed E-state index contributed by atoms with van der Waals surface area (Å²) in [5, 5.41) is 3.45. The van der Waals surface area contributed by atoms with Crippen LogP contribution in [0.25, 0.3) is 11.2 Å². The second-order valence-corrected chi connectivity index (χ2v) is 6.68. The number of hydrogen-bond acceptors (Lipinski definition) is 4. The Labute approximate surface area is 130 Å². The van der Waals surface area contributed by atoms with Gasteiger partial charge < -0.3 is 4.57 Å². The quantitative estimate of drug-likeness (QED) is 0.677. The van der Waals surface area contributed by atoms with Crippen LogP contribution in [0.5, 0.6) is 0 Å². The summed E-state index contributed by atoms with van der Waals surface area (Å²) in [6.45, 7) is 4.50. The first kappa shape index (κ1) is 13.8. The Morgan fingerprint density at radius 1 is 1.40 bits per heavy atom. The summed E-state index contributed by atoms with van der Waals surface area (Å²) in [5.41, 5.74) is 2.52. The normalized spacial score (nSPS) is 13.0. The van der Waals surface area contributed by atoms with Gasteiger partial charge in [0.2, 0.25) is 0 Å². The van der Waals surface area contributed by atoms with E-state index in [4.69, 9.17) is 23.2 Å². The van der Waals surface area contributed by atoms with E-state index in [1.165, 1.54) is 0 Å². The SMILES string of the molecule is Cc1nc(Cn2c(C(C)Cl)nc3cc(Cl)cnc32)cs1. The minimum absolute atomic E-state index is 0.206. The van der Waals surface area contributed by atoms with Crippen LogP contribution in [-0.2, 0) is 6.54 Å². The third-order valence-electron chi connectivity index (χ3n) is 2.92. The number of nitrogens with zero attached hydrogens (tertiary/aromatic N) is 4. The fourth-order valence-electron chi connectivity index (χ4n) is 2.11. The molecule has 0 aliphatic heterocycles. The molecule has 0 spiro atoms. The van der Waals surface area contributed by atoms with Gasteiger partial charge in [-0.05, 0) is 19.9 Å². The third kappa shape index (κ3) is 2.53. The molecule has 104 valence electrons. The van der Waals surface area contributed by atoms with E-state index in [9.17, 15) is 0 Å². The molecule has 0 fully saturated rings. The predicted octanol–water partition coefficient (Wildman–Crippen LogP) is 4.20. The van der Waals surface area contributed by atoms with E-state index in [-0.39, 0.29) is 5.38 Å². The maximum Gasteiger partial charge on any atom is 0.160 e. The summed E-state index contributed by atoms with van der Waals surface area (Å²) in [4.78, 5) is 13.4. The third-order valence-corrected chi connectivity index (χ3v) is 4.15. The molecule has 3 aromatic heterocycles. The summed E-state index contributed by atoms with van der Waals surface area (Å²) >= 11 is 13.8. The first-order valence-corrected chi connectivity index (χ1v) is 7.81. The zero-order chi connectivity index (χ0) is 14.3. The number of pyridine rings is 1. The van der Waals surface area contributed by atoms with E-state index in [2.05, 4.69) is 15.0 Å². The number of rotatable bonds is 3. The number of imidazole rings is 1. The maximum atomic E-state index is 6.23. The zero-order valence-corrected chi connectivity index (χ0v) is 13.3. The maximum absolute atomic E-state index is 6.23. The van der Waals surface area contributed by atoms with E-state index >= 15 is 0 Å². The highest BCUT2D eigenvalue weighted by molar-refractivity contribution is 7.09. The second kappa shape index (κ2) is 5.31. The smallest absolute Gasteiger partial charge is 0.160 e. The molecule has 4 nitrogen and oxygen atoms in total. The summed E-state index contributed by atoms with van der Waals surface area (Å²) in [6, 6.07) is 1.80. The fraction of sp³-hybridized carbons (Fsp3) is 0.308. The van der Waals surface area contributed by atoms with Crippen LogP contribution in [-0.4, -0.2) is 19.5 Å². The van der Waals surface area contributed by atoms with Crippen LogP contribution in [0.3, 0.4) is 0 Å². The Hall–Kier alpha value is -1.17. The van der Waals surface area contributed by atoms with E-state index in [1.807, 2.05) is 23.8 Å². The highest BCUT2D eigenvalue weighted by Crippen LogP contribution is 2.26. The van der Waals surface area contributed by atoms with E-state index in [0.717, 1.165) is 27.7 Å². The van der Waals surface area contributed by atoms with Gasteiger partial charge in [0, 0.05) is 11.6 Å². The molecule has 20 heavy (non-hydrogen) atoms. The lowest BCUT2D eigenvalue weighted by atomic mass is 10.4.